The fraction of sp³-hybridized carbons (Fsp3) is 0.167. The molecule has 1 rings (SSSR count). The Bertz CT molecular complexity index is 523. The molecule has 18 heavy (non-hydrogen) atoms. The van der Waals surface area contributed by atoms with Crippen molar-refractivity contribution in [2.45, 2.75) is 12.5 Å². The molecule has 1 unspecified atom stereocenters. The molecule has 94 valence electrons. The van der Waals surface area contributed by atoms with E-state index in [0.717, 1.165) is 0 Å². The predicted molar refractivity (Wildman–Crippen MR) is 68.8 cm³/mol. The number of halogens is 2. The molecule has 0 fully saturated rings. The Balaban J connectivity index is 2.91. The van der Waals surface area contributed by atoms with E-state index in [1.54, 1.807) is 0 Å². The van der Waals surface area contributed by atoms with Crippen LogP contribution in [0.2, 0.25) is 10.0 Å². The van der Waals surface area contributed by atoms with Crippen LogP contribution < -0.4 is 5.32 Å². The van der Waals surface area contributed by atoms with Gasteiger partial charge >= 0.3 is 5.97 Å². The maximum Gasteiger partial charge on any atom is 0.327 e. The number of terminal acetylenes is 1. The standard InChI is InChI=1S/C12H9Cl2NO3/c1-2-3-10(12(17)18)15-11(16)8-6-7(13)4-5-9(8)14/h1,4-6,10H,3H2,(H,15,16)(H,17,18). The van der Waals surface area contributed by atoms with Crippen molar-refractivity contribution in [3.63, 3.8) is 0 Å². The molecule has 0 aliphatic rings. The Morgan fingerprint density at radius 3 is 2.67 bits per heavy atom. The van der Waals surface area contributed by atoms with Crippen LogP contribution in [-0.2, 0) is 4.79 Å². The summed E-state index contributed by atoms with van der Waals surface area (Å²) in [5.74, 6) is 0.334. The summed E-state index contributed by atoms with van der Waals surface area (Å²) in [6.07, 6.45) is 4.91. The van der Waals surface area contributed by atoms with E-state index in [2.05, 4.69) is 11.2 Å². The van der Waals surface area contributed by atoms with Gasteiger partial charge in [-0.2, -0.15) is 0 Å². The average Bonchev–Trinajstić information content (AvgIpc) is 2.31. The average molecular weight is 286 g/mol. The predicted octanol–water partition coefficient (Wildman–Crippen LogP) is 2.20. The first-order valence-electron chi connectivity index (χ1n) is 4.88. The minimum Gasteiger partial charge on any atom is -0.480 e. The summed E-state index contributed by atoms with van der Waals surface area (Å²) in [5, 5.41) is 11.6. The van der Waals surface area contributed by atoms with Crippen molar-refractivity contribution in [3.8, 4) is 12.3 Å². The van der Waals surface area contributed by atoms with Crippen LogP contribution in [-0.4, -0.2) is 23.0 Å². The highest BCUT2D eigenvalue weighted by Gasteiger charge is 2.21. The summed E-state index contributed by atoms with van der Waals surface area (Å²) in [6.45, 7) is 0. The lowest BCUT2D eigenvalue weighted by atomic mass is 10.1. The molecular weight excluding hydrogens is 277 g/mol. The van der Waals surface area contributed by atoms with Gasteiger partial charge in [0.05, 0.1) is 10.6 Å². The van der Waals surface area contributed by atoms with Gasteiger partial charge < -0.3 is 10.4 Å². The van der Waals surface area contributed by atoms with E-state index in [-0.39, 0.29) is 17.0 Å². The normalized spacial score (nSPS) is 11.4. The fourth-order valence-electron chi connectivity index (χ4n) is 1.23. The van der Waals surface area contributed by atoms with Gasteiger partial charge in [-0.15, -0.1) is 12.3 Å². The topological polar surface area (TPSA) is 66.4 Å². The van der Waals surface area contributed by atoms with Gasteiger partial charge in [0.15, 0.2) is 0 Å². The van der Waals surface area contributed by atoms with Gasteiger partial charge in [0.2, 0.25) is 0 Å². The van der Waals surface area contributed by atoms with Gasteiger partial charge in [-0.05, 0) is 18.2 Å². The molecule has 0 heterocycles. The Morgan fingerprint density at radius 2 is 2.11 bits per heavy atom. The second-order valence-corrected chi connectivity index (χ2v) is 4.24. The van der Waals surface area contributed by atoms with Crippen LogP contribution in [0.5, 0.6) is 0 Å². The summed E-state index contributed by atoms with van der Waals surface area (Å²) in [5.41, 5.74) is 0.104. The number of carbonyl (C=O) groups excluding carboxylic acids is 1. The Hall–Kier alpha value is -1.70. The third-order valence-electron chi connectivity index (χ3n) is 2.10. The van der Waals surface area contributed by atoms with E-state index in [1.807, 2.05) is 0 Å². The zero-order chi connectivity index (χ0) is 13.7. The van der Waals surface area contributed by atoms with Crippen molar-refractivity contribution >= 4 is 35.1 Å². The number of amides is 1. The van der Waals surface area contributed by atoms with E-state index < -0.39 is 17.9 Å². The molecule has 0 bridgehead atoms. The van der Waals surface area contributed by atoms with E-state index >= 15 is 0 Å². The van der Waals surface area contributed by atoms with Gasteiger partial charge in [-0.25, -0.2) is 4.79 Å². The summed E-state index contributed by atoms with van der Waals surface area (Å²) in [4.78, 5) is 22.7. The molecule has 0 saturated carbocycles. The molecule has 0 aliphatic heterocycles. The number of carboxylic acids is 1. The number of carbonyl (C=O) groups is 2. The molecule has 1 aromatic carbocycles. The van der Waals surface area contributed by atoms with Gasteiger partial charge in [0.1, 0.15) is 6.04 Å². The number of hydrogen-bond acceptors (Lipinski definition) is 2. The molecule has 1 amide bonds. The van der Waals surface area contributed by atoms with Gasteiger partial charge in [-0.3, -0.25) is 4.79 Å². The third kappa shape index (κ3) is 3.66. The molecule has 6 heteroatoms. The highest BCUT2D eigenvalue weighted by molar-refractivity contribution is 6.35. The number of nitrogens with one attached hydrogen (secondary N) is 1. The van der Waals surface area contributed by atoms with Gasteiger partial charge in [0, 0.05) is 11.4 Å². The van der Waals surface area contributed by atoms with E-state index in [0.29, 0.717) is 5.02 Å². The molecule has 0 aliphatic carbocycles. The van der Waals surface area contributed by atoms with Crippen molar-refractivity contribution < 1.29 is 14.7 Å². The first-order chi connectivity index (χ1) is 8.45. The molecule has 0 spiro atoms. The van der Waals surface area contributed by atoms with Gasteiger partial charge in [-0.1, -0.05) is 23.2 Å². The van der Waals surface area contributed by atoms with Crippen molar-refractivity contribution in [1.82, 2.24) is 5.32 Å². The lowest BCUT2D eigenvalue weighted by molar-refractivity contribution is -0.139. The summed E-state index contributed by atoms with van der Waals surface area (Å²) in [7, 11) is 0. The smallest absolute Gasteiger partial charge is 0.327 e. The summed E-state index contributed by atoms with van der Waals surface area (Å²) in [6, 6.07) is 3.18. The highest BCUT2D eigenvalue weighted by Crippen LogP contribution is 2.20. The molecule has 1 aromatic rings. The largest absolute Gasteiger partial charge is 0.480 e. The number of carboxylic acid groups (broad SMARTS) is 1. The van der Waals surface area contributed by atoms with Crippen molar-refractivity contribution in [3.05, 3.63) is 33.8 Å². The molecule has 4 nitrogen and oxygen atoms in total. The molecule has 2 N–H and O–H groups in total. The zero-order valence-electron chi connectivity index (χ0n) is 9.11. The molecule has 1 atom stereocenters. The number of rotatable bonds is 4. The first kappa shape index (κ1) is 14.4. The third-order valence-corrected chi connectivity index (χ3v) is 2.66. The highest BCUT2D eigenvalue weighted by atomic mass is 35.5. The quantitative estimate of drug-likeness (QED) is 0.834. The number of benzene rings is 1. The number of aliphatic carboxylic acids is 1. The Morgan fingerprint density at radius 1 is 1.44 bits per heavy atom. The van der Waals surface area contributed by atoms with E-state index in [4.69, 9.17) is 34.7 Å². The molecule has 0 radical (unpaired) electrons. The van der Waals surface area contributed by atoms with Crippen LogP contribution in [0.15, 0.2) is 18.2 Å². The van der Waals surface area contributed by atoms with Crippen LogP contribution in [0.25, 0.3) is 0 Å². The number of hydrogen-bond donors (Lipinski definition) is 2. The fourth-order valence-corrected chi connectivity index (χ4v) is 1.60. The van der Waals surface area contributed by atoms with E-state index in [1.165, 1.54) is 18.2 Å². The summed E-state index contributed by atoms with van der Waals surface area (Å²) < 4.78 is 0. The van der Waals surface area contributed by atoms with Crippen molar-refractivity contribution in [2.24, 2.45) is 0 Å². The molecule has 0 aromatic heterocycles. The monoisotopic (exact) mass is 285 g/mol. The SMILES string of the molecule is C#CCC(NC(=O)c1cc(Cl)ccc1Cl)C(=O)O. The van der Waals surface area contributed by atoms with Gasteiger partial charge in [0.25, 0.3) is 5.91 Å². The maximum atomic E-state index is 11.8. The lowest BCUT2D eigenvalue weighted by Gasteiger charge is -2.12. The van der Waals surface area contributed by atoms with Crippen LogP contribution >= 0.6 is 23.2 Å². The van der Waals surface area contributed by atoms with Crippen molar-refractivity contribution in [2.75, 3.05) is 0 Å². The minimum atomic E-state index is -1.21. The van der Waals surface area contributed by atoms with Crippen LogP contribution in [0.3, 0.4) is 0 Å². The van der Waals surface area contributed by atoms with E-state index in [9.17, 15) is 9.59 Å². The first-order valence-corrected chi connectivity index (χ1v) is 5.63. The Kier molecular flexibility index (Phi) is 5.02. The second-order valence-electron chi connectivity index (χ2n) is 3.40. The molecule has 0 saturated heterocycles. The lowest BCUT2D eigenvalue weighted by Crippen LogP contribution is -2.40. The zero-order valence-corrected chi connectivity index (χ0v) is 10.6. The van der Waals surface area contributed by atoms with Crippen LogP contribution in [0.1, 0.15) is 16.8 Å². The molecular formula is C12H9Cl2NO3. The summed E-state index contributed by atoms with van der Waals surface area (Å²) >= 11 is 11.6. The van der Waals surface area contributed by atoms with Crippen molar-refractivity contribution in [1.29, 1.82) is 0 Å². The maximum absolute atomic E-state index is 11.8. The second kappa shape index (κ2) is 6.29. The van der Waals surface area contributed by atoms with Crippen LogP contribution in [0, 0.1) is 12.3 Å². The minimum absolute atomic E-state index is 0.104. The van der Waals surface area contributed by atoms with Crippen LogP contribution in [0.4, 0.5) is 0 Å². The Labute approximate surface area is 114 Å².